The highest BCUT2D eigenvalue weighted by Gasteiger charge is 2.45. The molecule has 1 aliphatic rings. The summed E-state index contributed by atoms with van der Waals surface area (Å²) in [5.74, 6) is 0.708. The maximum absolute atomic E-state index is 9.81. The number of nitrogens with one attached hydrogen (secondary N) is 1. The van der Waals surface area contributed by atoms with Crippen LogP contribution in [-0.4, -0.2) is 74.2 Å². The highest BCUT2D eigenvalue weighted by atomic mass is 32.2. The molecule has 1 rings (SSSR count). The van der Waals surface area contributed by atoms with Crippen LogP contribution in [0.2, 0.25) is 0 Å². The van der Waals surface area contributed by atoms with Crippen molar-refractivity contribution < 1.29 is 25.5 Å². The van der Waals surface area contributed by atoms with Crippen molar-refractivity contribution in [2.24, 2.45) is 0 Å². The van der Waals surface area contributed by atoms with E-state index in [1.165, 1.54) is 11.8 Å². The van der Waals surface area contributed by atoms with Crippen molar-refractivity contribution in [2.45, 2.75) is 23.2 Å². The SMILES string of the molecule is OCC(O)C(O)C(O)C1(CO)NCCS1. The zero-order valence-corrected chi connectivity index (χ0v) is 9.02. The van der Waals surface area contributed by atoms with Crippen molar-refractivity contribution in [3.8, 4) is 0 Å². The molecule has 15 heavy (non-hydrogen) atoms. The van der Waals surface area contributed by atoms with Crippen LogP contribution < -0.4 is 5.32 Å². The molecule has 4 atom stereocenters. The zero-order valence-electron chi connectivity index (χ0n) is 8.20. The van der Waals surface area contributed by atoms with Gasteiger partial charge in [0.1, 0.15) is 23.2 Å². The number of aliphatic hydroxyl groups is 5. The van der Waals surface area contributed by atoms with Gasteiger partial charge in [0.15, 0.2) is 0 Å². The molecule has 90 valence electrons. The Labute approximate surface area is 91.9 Å². The van der Waals surface area contributed by atoms with Crippen LogP contribution in [-0.2, 0) is 0 Å². The molecule has 6 N–H and O–H groups in total. The Bertz CT molecular complexity index is 199. The molecule has 1 heterocycles. The van der Waals surface area contributed by atoms with Crippen molar-refractivity contribution in [1.82, 2.24) is 5.32 Å². The molecule has 0 aromatic heterocycles. The Morgan fingerprint density at radius 2 is 1.93 bits per heavy atom. The third kappa shape index (κ3) is 2.62. The maximum atomic E-state index is 9.81. The minimum Gasteiger partial charge on any atom is -0.394 e. The van der Waals surface area contributed by atoms with Crippen LogP contribution in [0, 0.1) is 0 Å². The van der Waals surface area contributed by atoms with Gasteiger partial charge in [0.25, 0.3) is 0 Å². The molecule has 0 aromatic rings. The van der Waals surface area contributed by atoms with Gasteiger partial charge in [-0.05, 0) is 0 Å². The third-order valence-electron chi connectivity index (χ3n) is 2.50. The van der Waals surface area contributed by atoms with Gasteiger partial charge in [-0.2, -0.15) is 0 Å². The normalized spacial score (nSPS) is 32.6. The largest absolute Gasteiger partial charge is 0.394 e. The Hall–Kier alpha value is 0.110. The number of rotatable bonds is 5. The molecule has 0 aromatic carbocycles. The van der Waals surface area contributed by atoms with Gasteiger partial charge in [-0.1, -0.05) is 0 Å². The van der Waals surface area contributed by atoms with Crippen LogP contribution in [0.1, 0.15) is 0 Å². The monoisotopic (exact) mass is 239 g/mol. The van der Waals surface area contributed by atoms with Gasteiger partial charge in [0.2, 0.25) is 0 Å². The van der Waals surface area contributed by atoms with Gasteiger partial charge >= 0.3 is 0 Å². The molecule has 1 aliphatic heterocycles. The van der Waals surface area contributed by atoms with E-state index in [0.717, 1.165) is 0 Å². The van der Waals surface area contributed by atoms with Gasteiger partial charge in [0.05, 0.1) is 13.2 Å². The second-order valence-corrected chi connectivity index (χ2v) is 4.93. The molecular formula is C8H17NO5S. The Morgan fingerprint density at radius 1 is 1.27 bits per heavy atom. The number of hydrogen-bond acceptors (Lipinski definition) is 7. The van der Waals surface area contributed by atoms with Crippen molar-refractivity contribution in [3.63, 3.8) is 0 Å². The molecule has 0 spiro atoms. The lowest BCUT2D eigenvalue weighted by molar-refractivity contribution is -0.0964. The third-order valence-corrected chi connectivity index (χ3v) is 3.94. The molecule has 6 nitrogen and oxygen atoms in total. The standard InChI is InChI=1S/C8H17NO5S/c10-3-5(12)6(13)7(14)8(4-11)9-1-2-15-8/h5-7,9-14H,1-4H2. The fraction of sp³-hybridized carbons (Fsp3) is 1.00. The first-order chi connectivity index (χ1) is 7.07. The topological polar surface area (TPSA) is 113 Å². The van der Waals surface area contributed by atoms with E-state index in [1.54, 1.807) is 0 Å². The second kappa shape index (κ2) is 5.44. The van der Waals surface area contributed by atoms with Crippen LogP contribution in [0.4, 0.5) is 0 Å². The molecule has 0 bridgehead atoms. The van der Waals surface area contributed by atoms with E-state index >= 15 is 0 Å². The predicted octanol–water partition coefficient (Wildman–Crippen LogP) is -2.91. The van der Waals surface area contributed by atoms with Gasteiger partial charge in [0, 0.05) is 12.3 Å². The highest BCUT2D eigenvalue weighted by Crippen LogP contribution is 2.32. The van der Waals surface area contributed by atoms with Crippen molar-refractivity contribution >= 4 is 11.8 Å². The Balaban J connectivity index is 2.67. The molecule has 0 saturated carbocycles. The molecule has 1 fully saturated rings. The second-order valence-electron chi connectivity index (χ2n) is 3.51. The number of thioether (sulfide) groups is 1. The summed E-state index contributed by atoms with van der Waals surface area (Å²) in [5.41, 5.74) is 0. The predicted molar refractivity (Wildman–Crippen MR) is 55.4 cm³/mol. The van der Waals surface area contributed by atoms with E-state index < -0.39 is 29.8 Å². The lowest BCUT2D eigenvalue weighted by atomic mass is 10.0. The van der Waals surface area contributed by atoms with E-state index in [9.17, 15) is 20.4 Å². The van der Waals surface area contributed by atoms with Crippen LogP contribution in [0.5, 0.6) is 0 Å². The van der Waals surface area contributed by atoms with Crippen molar-refractivity contribution in [2.75, 3.05) is 25.5 Å². The molecule has 7 heteroatoms. The minimum atomic E-state index is -1.49. The number of hydrogen-bond donors (Lipinski definition) is 6. The molecule has 4 unspecified atom stereocenters. The van der Waals surface area contributed by atoms with Crippen LogP contribution >= 0.6 is 11.8 Å². The minimum absolute atomic E-state index is 0.353. The van der Waals surface area contributed by atoms with Crippen molar-refractivity contribution in [3.05, 3.63) is 0 Å². The van der Waals surface area contributed by atoms with E-state index in [1.807, 2.05) is 0 Å². The Morgan fingerprint density at radius 3 is 2.33 bits per heavy atom. The summed E-state index contributed by atoms with van der Waals surface area (Å²) >= 11 is 1.29. The lowest BCUT2D eigenvalue weighted by Gasteiger charge is -2.35. The first kappa shape index (κ1) is 13.2. The summed E-state index contributed by atoms with van der Waals surface area (Å²) in [4.78, 5) is -1.05. The van der Waals surface area contributed by atoms with Crippen LogP contribution in [0.3, 0.4) is 0 Å². The molecule has 0 radical (unpaired) electrons. The van der Waals surface area contributed by atoms with Gasteiger partial charge < -0.3 is 25.5 Å². The lowest BCUT2D eigenvalue weighted by Crippen LogP contribution is -2.59. The van der Waals surface area contributed by atoms with E-state index in [-0.39, 0.29) is 6.61 Å². The van der Waals surface area contributed by atoms with E-state index in [4.69, 9.17) is 5.11 Å². The summed E-state index contributed by atoms with van der Waals surface area (Å²) in [7, 11) is 0. The molecular weight excluding hydrogens is 222 g/mol. The average molecular weight is 239 g/mol. The summed E-state index contributed by atoms with van der Waals surface area (Å²) in [5, 5.41) is 49.2. The quantitative estimate of drug-likeness (QED) is 0.305. The van der Waals surface area contributed by atoms with E-state index in [2.05, 4.69) is 5.32 Å². The zero-order chi connectivity index (χ0) is 11.5. The molecule has 0 aliphatic carbocycles. The average Bonchev–Trinajstić information content (AvgIpc) is 2.75. The molecule has 0 amide bonds. The summed E-state index contributed by atoms with van der Waals surface area (Å²) in [6, 6.07) is 0. The smallest absolute Gasteiger partial charge is 0.117 e. The summed E-state index contributed by atoms with van der Waals surface area (Å²) in [6.07, 6.45) is -4.23. The first-order valence-electron chi connectivity index (χ1n) is 4.72. The van der Waals surface area contributed by atoms with E-state index in [0.29, 0.717) is 12.3 Å². The molecule has 1 saturated heterocycles. The van der Waals surface area contributed by atoms with Crippen molar-refractivity contribution in [1.29, 1.82) is 0 Å². The fourth-order valence-electron chi connectivity index (χ4n) is 1.53. The van der Waals surface area contributed by atoms with Crippen LogP contribution in [0.25, 0.3) is 0 Å². The summed E-state index contributed by atoms with van der Waals surface area (Å²) < 4.78 is 0. The van der Waals surface area contributed by atoms with Crippen LogP contribution in [0.15, 0.2) is 0 Å². The van der Waals surface area contributed by atoms with Gasteiger partial charge in [-0.3, -0.25) is 5.32 Å². The highest BCUT2D eigenvalue weighted by molar-refractivity contribution is 8.01. The maximum Gasteiger partial charge on any atom is 0.117 e. The number of aliphatic hydroxyl groups excluding tert-OH is 5. The summed E-state index contributed by atoms with van der Waals surface area (Å²) in [6.45, 7) is -0.372. The van der Waals surface area contributed by atoms with Gasteiger partial charge in [-0.15, -0.1) is 11.8 Å². The Kier molecular flexibility index (Phi) is 4.78. The first-order valence-corrected chi connectivity index (χ1v) is 5.71. The fourth-order valence-corrected chi connectivity index (χ4v) is 2.70. The van der Waals surface area contributed by atoms with Gasteiger partial charge in [-0.25, -0.2) is 0 Å².